The lowest BCUT2D eigenvalue weighted by Crippen LogP contribution is -2.50. The molecule has 2 unspecified atom stereocenters. The molecule has 3 aromatic rings. The number of hydrogen-bond acceptors (Lipinski definition) is 4. The molecule has 0 saturated heterocycles. The molecule has 0 radical (unpaired) electrons. The van der Waals surface area contributed by atoms with Crippen LogP contribution in [0.25, 0.3) is 0 Å². The lowest BCUT2D eigenvalue weighted by Gasteiger charge is -2.38. The number of ether oxygens (including phenoxy) is 1. The molecular formula is C31H38N2O3S. The van der Waals surface area contributed by atoms with Gasteiger partial charge in [-0.3, -0.25) is 9.59 Å². The molecule has 37 heavy (non-hydrogen) atoms. The second kappa shape index (κ2) is 12.4. The van der Waals surface area contributed by atoms with Crippen LogP contribution in [-0.4, -0.2) is 47.4 Å². The number of hydrogen-bond donors (Lipinski definition) is 0. The van der Waals surface area contributed by atoms with E-state index in [4.69, 9.17) is 4.74 Å². The van der Waals surface area contributed by atoms with E-state index in [-0.39, 0.29) is 30.4 Å². The van der Waals surface area contributed by atoms with Crippen molar-refractivity contribution in [3.05, 3.63) is 87.6 Å². The zero-order valence-electron chi connectivity index (χ0n) is 22.4. The van der Waals surface area contributed by atoms with Crippen molar-refractivity contribution >= 4 is 23.2 Å². The summed E-state index contributed by atoms with van der Waals surface area (Å²) < 4.78 is 6.22. The molecule has 0 fully saturated rings. The minimum absolute atomic E-state index is 0.0137. The van der Waals surface area contributed by atoms with Crippen LogP contribution in [0.4, 0.5) is 0 Å². The van der Waals surface area contributed by atoms with Gasteiger partial charge in [0.25, 0.3) is 0 Å². The molecule has 5 nitrogen and oxygen atoms in total. The van der Waals surface area contributed by atoms with Crippen molar-refractivity contribution in [3.63, 3.8) is 0 Å². The standard InChI is InChI=1S/C31H38N2O3S/c1-5-23(4)33(30(34)19-24-9-7-6-8-10-24)20-31(35)32-17-15-29-27(16-18-37-29)28(32)21-36-26-13-11-25(12-14-26)22(2)3/h6-14,16,18,22-23,28H,5,15,17,19-21H2,1-4H3. The molecule has 4 rings (SSSR count). The summed E-state index contributed by atoms with van der Waals surface area (Å²) in [7, 11) is 0. The first kappa shape index (κ1) is 26.9. The Morgan fingerprint density at radius 3 is 2.46 bits per heavy atom. The Morgan fingerprint density at radius 2 is 1.78 bits per heavy atom. The van der Waals surface area contributed by atoms with Gasteiger partial charge in [-0.05, 0) is 66.0 Å². The highest BCUT2D eigenvalue weighted by atomic mass is 32.1. The fourth-order valence-corrected chi connectivity index (χ4v) is 5.75. The third-order valence-corrected chi connectivity index (χ3v) is 8.31. The molecule has 1 aromatic heterocycles. The van der Waals surface area contributed by atoms with Gasteiger partial charge >= 0.3 is 0 Å². The Labute approximate surface area is 225 Å². The largest absolute Gasteiger partial charge is 0.491 e. The second-order valence-corrected chi connectivity index (χ2v) is 11.1. The summed E-state index contributed by atoms with van der Waals surface area (Å²) in [5.41, 5.74) is 3.39. The van der Waals surface area contributed by atoms with Gasteiger partial charge in [-0.2, -0.15) is 0 Å². The maximum atomic E-state index is 13.7. The number of thiophene rings is 1. The van der Waals surface area contributed by atoms with Crippen LogP contribution in [-0.2, 0) is 22.4 Å². The van der Waals surface area contributed by atoms with Crippen LogP contribution in [0.5, 0.6) is 5.75 Å². The topological polar surface area (TPSA) is 49.9 Å². The third kappa shape index (κ3) is 6.61. The molecule has 1 aliphatic rings. The van der Waals surface area contributed by atoms with Crippen LogP contribution in [0.1, 0.15) is 67.6 Å². The summed E-state index contributed by atoms with van der Waals surface area (Å²) in [5, 5.41) is 2.10. The third-order valence-electron chi connectivity index (χ3n) is 7.32. The van der Waals surface area contributed by atoms with Crippen LogP contribution in [0, 0.1) is 0 Å². The number of carbonyl (C=O) groups excluding carboxylic acids is 2. The summed E-state index contributed by atoms with van der Waals surface area (Å²) in [6, 6.07) is 19.9. The number of nitrogens with zero attached hydrogens (tertiary/aromatic N) is 2. The fraction of sp³-hybridized carbons (Fsp3) is 0.419. The Hall–Kier alpha value is -3.12. The van der Waals surface area contributed by atoms with E-state index in [1.807, 2.05) is 54.3 Å². The van der Waals surface area contributed by atoms with E-state index < -0.39 is 0 Å². The van der Waals surface area contributed by atoms with Gasteiger partial charge in [0.2, 0.25) is 11.8 Å². The Bertz CT molecular complexity index is 1170. The van der Waals surface area contributed by atoms with Gasteiger partial charge in [-0.25, -0.2) is 0 Å². The molecule has 0 aliphatic carbocycles. The zero-order chi connectivity index (χ0) is 26.4. The predicted molar refractivity (Wildman–Crippen MR) is 150 cm³/mol. The van der Waals surface area contributed by atoms with Crippen molar-refractivity contribution in [2.45, 2.75) is 65.0 Å². The van der Waals surface area contributed by atoms with Crippen molar-refractivity contribution in [2.24, 2.45) is 0 Å². The van der Waals surface area contributed by atoms with E-state index in [2.05, 4.69) is 44.4 Å². The molecule has 2 heterocycles. The van der Waals surface area contributed by atoms with Crippen molar-refractivity contribution in [2.75, 3.05) is 19.7 Å². The van der Waals surface area contributed by atoms with E-state index in [0.29, 0.717) is 25.5 Å². The van der Waals surface area contributed by atoms with Gasteiger partial charge in [0.1, 0.15) is 18.9 Å². The number of carbonyl (C=O) groups is 2. The quantitative estimate of drug-likeness (QED) is 0.319. The molecule has 0 bridgehead atoms. The second-order valence-electron chi connectivity index (χ2n) is 10.1. The molecule has 1 aliphatic heterocycles. The molecular weight excluding hydrogens is 480 g/mol. The van der Waals surface area contributed by atoms with Crippen LogP contribution in [0.2, 0.25) is 0 Å². The molecule has 2 atom stereocenters. The maximum Gasteiger partial charge on any atom is 0.242 e. The van der Waals surface area contributed by atoms with Gasteiger partial charge in [0, 0.05) is 17.5 Å². The highest BCUT2D eigenvalue weighted by Gasteiger charge is 2.34. The fourth-order valence-electron chi connectivity index (χ4n) is 4.82. The minimum Gasteiger partial charge on any atom is -0.491 e. The van der Waals surface area contributed by atoms with E-state index in [9.17, 15) is 9.59 Å². The average molecular weight is 519 g/mol. The molecule has 0 spiro atoms. The normalized spacial score (nSPS) is 15.8. The number of fused-ring (bicyclic) bond motifs is 1. The first-order valence-corrected chi connectivity index (χ1v) is 14.2. The minimum atomic E-state index is -0.171. The van der Waals surface area contributed by atoms with E-state index in [1.165, 1.54) is 10.4 Å². The maximum absolute atomic E-state index is 13.7. The van der Waals surface area contributed by atoms with Crippen LogP contribution >= 0.6 is 11.3 Å². The first-order chi connectivity index (χ1) is 17.9. The highest BCUT2D eigenvalue weighted by molar-refractivity contribution is 7.10. The monoisotopic (exact) mass is 518 g/mol. The Kier molecular flexibility index (Phi) is 9.04. The van der Waals surface area contributed by atoms with Crippen LogP contribution in [0.15, 0.2) is 66.0 Å². The van der Waals surface area contributed by atoms with Crippen molar-refractivity contribution in [1.82, 2.24) is 9.80 Å². The molecule has 196 valence electrons. The van der Waals surface area contributed by atoms with E-state index >= 15 is 0 Å². The lowest BCUT2D eigenvalue weighted by molar-refractivity contribution is -0.144. The highest BCUT2D eigenvalue weighted by Crippen LogP contribution is 2.34. The van der Waals surface area contributed by atoms with Crippen molar-refractivity contribution in [1.29, 1.82) is 0 Å². The summed E-state index contributed by atoms with van der Waals surface area (Å²) in [4.78, 5) is 32.0. The molecule has 0 saturated carbocycles. The van der Waals surface area contributed by atoms with Gasteiger partial charge < -0.3 is 14.5 Å². The van der Waals surface area contributed by atoms with Gasteiger partial charge in [-0.1, -0.05) is 63.2 Å². The summed E-state index contributed by atoms with van der Waals surface area (Å²) in [5.74, 6) is 1.23. The summed E-state index contributed by atoms with van der Waals surface area (Å²) in [6.07, 6.45) is 1.92. The van der Waals surface area contributed by atoms with Crippen molar-refractivity contribution < 1.29 is 14.3 Å². The zero-order valence-corrected chi connectivity index (χ0v) is 23.2. The SMILES string of the molecule is CCC(C)N(CC(=O)N1CCc2sccc2C1COc1ccc(C(C)C)cc1)C(=O)Cc1ccccc1. The van der Waals surface area contributed by atoms with Crippen molar-refractivity contribution in [3.8, 4) is 5.75 Å². The van der Waals surface area contributed by atoms with E-state index in [0.717, 1.165) is 29.7 Å². The average Bonchev–Trinajstić information content (AvgIpc) is 3.39. The first-order valence-electron chi connectivity index (χ1n) is 13.3. The number of amides is 2. The van der Waals surface area contributed by atoms with Gasteiger partial charge in [-0.15, -0.1) is 11.3 Å². The summed E-state index contributed by atoms with van der Waals surface area (Å²) >= 11 is 1.74. The van der Waals surface area contributed by atoms with Crippen LogP contribution in [0.3, 0.4) is 0 Å². The predicted octanol–water partition coefficient (Wildman–Crippen LogP) is 6.25. The Morgan fingerprint density at radius 1 is 1.05 bits per heavy atom. The molecule has 6 heteroatoms. The molecule has 2 amide bonds. The number of rotatable bonds is 10. The smallest absolute Gasteiger partial charge is 0.242 e. The van der Waals surface area contributed by atoms with Gasteiger partial charge in [0.15, 0.2) is 0 Å². The molecule has 2 aromatic carbocycles. The summed E-state index contributed by atoms with van der Waals surface area (Å²) in [6.45, 7) is 9.52. The molecule has 0 N–H and O–H groups in total. The lowest BCUT2D eigenvalue weighted by atomic mass is 10.00. The Balaban J connectivity index is 1.49. The van der Waals surface area contributed by atoms with E-state index in [1.54, 1.807) is 16.2 Å². The van der Waals surface area contributed by atoms with Gasteiger partial charge in [0.05, 0.1) is 12.5 Å². The van der Waals surface area contributed by atoms with Crippen LogP contribution < -0.4 is 4.74 Å². The number of benzene rings is 2.